The number of rotatable bonds is 7. The van der Waals surface area contributed by atoms with E-state index in [1.54, 1.807) is 43.1 Å². The van der Waals surface area contributed by atoms with Gasteiger partial charge in [0.2, 0.25) is 0 Å². The van der Waals surface area contributed by atoms with Gasteiger partial charge in [0.1, 0.15) is 27.0 Å². The van der Waals surface area contributed by atoms with E-state index in [1.165, 1.54) is 12.0 Å². The first-order chi connectivity index (χ1) is 15.4. The average molecular weight is 471 g/mol. The van der Waals surface area contributed by atoms with Gasteiger partial charge in [0.05, 0.1) is 13.7 Å². The van der Waals surface area contributed by atoms with Crippen LogP contribution in [-0.2, 0) is 17.0 Å². The van der Waals surface area contributed by atoms with Gasteiger partial charge in [-0.05, 0) is 26.0 Å². The van der Waals surface area contributed by atoms with Crippen LogP contribution in [0.4, 0.5) is 0 Å². The molecule has 0 aliphatic rings. The topological polar surface area (TPSA) is 85.8 Å². The Morgan fingerprint density at radius 1 is 1.22 bits per heavy atom. The lowest BCUT2D eigenvalue weighted by Crippen LogP contribution is -2.26. The number of furan rings is 2. The molecule has 0 fully saturated rings. The Morgan fingerprint density at radius 3 is 2.72 bits per heavy atom. The van der Waals surface area contributed by atoms with Crippen molar-refractivity contribution in [2.75, 3.05) is 14.2 Å². The fourth-order valence-electron chi connectivity index (χ4n) is 3.36. The highest BCUT2D eigenvalue weighted by atomic mass is 32.2. The highest BCUT2D eigenvalue weighted by Gasteiger charge is 2.25. The van der Waals surface area contributed by atoms with Crippen LogP contribution in [0.2, 0.25) is 0 Å². The molecule has 32 heavy (non-hydrogen) atoms. The van der Waals surface area contributed by atoms with Gasteiger partial charge in [-0.3, -0.25) is 4.79 Å². The minimum absolute atomic E-state index is 0.186. The fraction of sp³-hybridized carbons (Fsp3) is 0.261. The maximum atomic E-state index is 13.3. The molecule has 4 rings (SSSR count). The second-order valence-corrected chi connectivity index (χ2v) is 9.37. The Labute approximate surface area is 193 Å². The minimum atomic E-state index is -0.472. The molecule has 0 bridgehead atoms. The third kappa shape index (κ3) is 4.44. The number of carbonyl (C=O) groups excluding carboxylic acids is 2. The molecule has 0 saturated heterocycles. The Hall–Kier alpha value is -3.04. The molecule has 1 amide bonds. The van der Waals surface area contributed by atoms with E-state index in [9.17, 15) is 9.59 Å². The summed E-state index contributed by atoms with van der Waals surface area (Å²) in [4.78, 5) is 31.2. The monoisotopic (exact) mass is 470 g/mol. The molecular weight excluding hydrogens is 448 g/mol. The molecule has 0 saturated carbocycles. The van der Waals surface area contributed by atoms with Gasteiger partial charge in [0.25, 0.3) is 5.91 Å². The molecule has 0 spiro atoms. The SMILES string of the molecule is COC(=O)c1cc(CN(C)C(=O)c2oc3ccccc3c2CSc2nc(C)cs2)oc1C. The molecule has 4 aromatic rings. The lowest BCUT2D eigenvalue weighted by molar-refractivity contribution is 0.0598. The van der Waals surface area contributed by atoms with Crippen molar-refractivity contribution in [2.24, 2.45) is 0 Å². The Morgan fingerprint density at radius 2 is 2.00 bits per heavy atom. The van der Waals surface area contributed by atoms with E-state index in [1.807, 2.05) is 36.6 Å². The van der Waals surface area contributed by atoms with Crippen LogP contribution in [-0.4, -0.2) is 35.9 Å². The van der Waals surface area contributed by atoms with E-state index >= 15 is 0 Å². The van der Waals surface area contributed by atoms with Crippen molar-refractivity contribution in [3.63, 3.8) is 0 Å². The maximum absolute atomic E-state index is 13.3. The van der Waals surface area contributed by atoms with Crippen LogP contribution in [0.25, 0.3) is 11.0 Å². The van der Waals surface area contributed by atoms with Gasteiger partial charge in [0, 0.05) is 34.8 Å². The van der Waals surface area contributed by atoms with Gasteiger partial charge in [-0.2, -0.15) is 0 Å². The number of benzene rings is 1. The summed E-state index contributed by atoms with van der Waals surface area (Å²) in [7, 11) is 2.99. The highest BCUT2D eigenvalue weighted by molar-refractivity contribution is 8.00. The zero-order valence-corrected chi connectivity index (χ0v) is 19.8. The quantitative estimate of drug-likeness (QED) is 0.262. The number of thiazole rings is 1. The summed E-state index contributed by atoms with van der Waals surface area (Å²) in [6.07, 6.45) is 0. The van der Waals surface area contributed by atoms with Gasteiger partial charge in [0.15, 0.2) is 5.76 Å². The van der Waals surface area contributed by atoms with Gasteiger partial charge in [-0.1, -0.05) is 30.0 Å². The summed E-state index contributed by atoms with van der Waals surface area (Å²) in [6.45, 7) is 3.83. The van der Waals surface area contributed by atoms with Gasteiger partial charge >= 0.3 is 5.97 Å². The van der Waals surface area contributed by atoms with Crippen molar-refractivity contribution < 1.29 is 23.2 Å². The molecule has 0 unspecified atom stereocenters. The predicted molar refractivity (Wildman–Crippen MR) is 123 cm³/mol. The summed E-state index contributed by atoms with van der Waals surface area (Å²) in [5.41, 5.74) is 2.83. The third-order valence-corrected chi connectivity index (χ3v) is 7.11. The van der Waals surface area contributed by atoms with Crippen molar-refractivity contribution >= 4 is 45.9 Å². The number of aryl methyl sites for hydroxylation is 2. The van der Waals surface area contributed by atoms with E-state index in [2.05, 4.69) is 4.98 Å². The van der Waals surface area contributed by atoms with Crippen molar-refractivity contribution in [1.29, 1.82) is 0 Å². The van der Waals surface area contributed by atoms with Crippen LogP contribution >= 0.6 is 23.1 Å². The van der Waals surface area contributed by atoms with Crippen LogP contribution in [0.5, 0.6) is 0 Å². The molecule has 9 heteroatoms. The molecule has 0 radical (unpaired) electrons. The predicted octanol–water partition coefficient (Wildman–Crippen LogP) is 5.45. The minimum Gasteiger partial charge on any atom is -0.465 e. The van der Waals surface area contributed by atoms with Gasteiger partial charge in [-0.15, -0.1) is 11.3 Å². The van der Waals surface area contributed by atoms with E-state index in [0.29, 0.717) is 34.2 Å². The van der Waals surface area contributed by atoms with E-state index in [4.69, 9.17) is 13.6 Å². The first-order valence-electron chi connectivity index (χ1n) is 9.85. The van der Waals surface area contributed by atoms with E-state index in [-0.39, 0.29) is 12.5 Å². The molecule has 1 aromatic carbocycles. The molecule has 0 aliphatic heterocycles. The number of para-hydroxylation sites is 1. The first kappa shape index (κ1) is 22.2. The zero-order valence-electron chi connectivity index (χ0n) is 18.1. The number of fused-ring (bicyclic) bond motifs is 1. The Balaban J connectivity index is 1.59. The number of carbonyl (C=O) groups is 2. The standard InChI is InChI=1S/C23H22N2O5S2/c1-13-11-31-23(24-13)32-12-18-16-7-5-6-8-19(16)30-20(18)21(26)25(3)10-15-9-17(14(2)29-15)22(27)28-4/h5-9,11H,10,12H2,1-4H3. The van der Waals surface area contributed by atoms with Gasteiger partial charge < -0.3 is 18.5 Å². The van der Waals surface area contributed by atoms with E-state index < -0.39 is 5.97 Å². The summed E-state index contributed by atoms with van der Waals surface area (Å²) < 4.78 is 17.3. The number of thioether (sulfide) groups is 1. The number of aromatic nitrogens is 1. The molecule has 7 nitrogen and oxygen atoms in total. The number of esters is 1. The molecular formula is C23H22N2O5S2. The van der Waals surface area contributed by atoms with Crippen LogP contribution in [0.3, 0.4) is 0 Å². The number of nitrogens with zero attached hydrogens (tertiary/aromatic N) is 2. The lowest BCUT2D eigenvalue weighted by Gasteiger charge is -2.15. The van der Waals surface area contributed by atoms with Crippen LogP contribution in [0, 0.1) is 13.8 Å². The highest BCUT2D eigenvalue weighted by Crippen LogP contribution is 2.34. The zero-order chi connectivity index (χ0) is 22.8. The van der Waals surface area contributed by atoms with Crippen LogP contribution in [0.1, 0.15) is 43.7 Å². The average Bonchev–Trinajstić information content (AvgIpc) is 3.47. The molecule has 3 heterocycles. The molecule has 0 N–H and O–H groups in total. The number of methoxy groups -OCH3 is 1. The summed E-state index contributed by atoms with van der Waals surface area (Å²) in [5.74, 6) is 1.06. The van der Waals surface area contributed by atoms with Crippen LogP contribution < -0.4 is 0 Å². The normalized spacial score (nSPS) is 11.1. The van der Waals surface area contributed by atoms with Crippen LogP contribution in [0.15, 0.2) is 48.9 Å². The largest absolute Gasteiger partial charge is 0.465 e. The summed E-state index contributed by atoms with van der Waals surface area (Å²) >= 11 is 3.16. The molecule has 3 aromatic heterocycles. The third-order valence-electron chi connectivity index (χ3n) is 4.94. The van der Waals surface area contributed by atoms with Crippen molar-refractivity contribution in [2.45, 2.75) is 30.5 Å². The molecule has 0 atom stereocenters. The number of hydrogen-bond donors (Lipinski definition) is 0. The number of hydrogen-bond acceptors (Lipinski definition) is 8. The van der Waals surface area contributed by atoms with Crippen molar-refractivity contribution in [1.82, 2.24) is 9.88 Å². The Bertz CT molecular complexity index is 1290. The van der Waals surface area contributed by atoms with Gasteiger partial charge in [-0.25, -0.2) is 9.78 Å². The lowest BCUT2D eigenvalue weighted by atomic mass is 10.1. The molecule has 0 aliphatic carbocycles. The number of amides is 1. The smallest absolute Gasteiger partial charge is 0.341 e. The Kier molecular flexibility index (Phi) is 6.38. The number of ether oxygens (including phenoxy) is 1. The van der Waals surface area contributed by atoms with Crippen molar-refractivity contribution in [3.05, 3.63) is 69.8 Å². The second-order valence-electron chi connectivity index (χ2n) is 7.28. The molecule has 166 valence electrons. The fourth-order valence-corrected chi connectivity index (χ4v) is 5.24. The first-order valence-corrected chi connectivity index (χ1v) is 11.7. The van der Waals surface area contributed by atoms with E-state index in [0.717, 1.165) is 21.0 Å². The second kappa shape index (κ2) is 9.22. The van der Waals surface area contributed by atoms with Crippen molar-refractivity contribution in [3.8, 4) is 0 Å². The maximum Gasteiger partial charge on any atom is 0.341 e. The summed E-state index contributed by atoms with van der Waals surface area (Å²) in [6, 6.07) is 9.22. The summed E-state index contributed by atoms with van der Waals surface area (Å²) in [5, 5.41) is 2.91.